The topological polar surface area (TPSA) is 71.0 Å². The molecule has 8 heteroatoms. The van der Waals surface area contributed by atoms with Gasteiger partial charge in [-0.2, -0.15) is 5.10 Å². The molecule has 3 N–H and O–H groups in total. The predicted molar refractivity (Wildman–Crippen MR) is 123 cm³/mol. The first-order valence-corrected chi connectivity index (χ1v) is 10.3. The summed E-state index contributed by atoms with van der Waals surface area (Å²) in [6, 6.07) is 17.3. The number of halogens is 1. The summed E-state index contributed by atoms with van der Waals surface area (Å²) in [6.45, 7) is 6.41. The lowest BCUT2D eigenvalue weighted by atomic mass is 10.1. The molecule has 2 aromatic carbocycles. The standard InChI is InChI=1S/C22H24ClN5OS/c1-14(18-7-5-4-6-8-18)24-22(30)26-25-21(29)19-11-9-17(10-12-19)13-28-16(3)20(23)15(2)27-28/h4-12,14H,13H2,1-3H3,(H,25,29)(H2,24,26,30). The van der Waals surface area contributed by atoms with Crippen LogP contribution in [0, 0.1) is 13.8 Å². The fourth-order valence-electron chi connectivity index (χ4n) is 3.01. The Morgan fingerprint density at radius 1 is 1.10 bits per heavy atom. The van der Waals surface area contributed by atoms with Gasteiger partial charge in [-0.25, -0.2) is 0 Å². The fourth-order valence-corrected chi connectivity index (χ4v) is 3.37. The van der Waals surface area contributed by atoms with E-state index < -0.39 is 0 Å². The van der Waals surface area contributed by atoms with E-state index in [2.05, 4.69) is 21.3 Å². The summed E-state index contributed by atoms with van der Waals surface area (Å²) < 4.78 is 1.85. The number of aryl methyl sites for hydroxylation is 1. The van der Waals surface area contributed by atoms with Gasteiger partial charge in [-0.15, -0.1) is 0 Å². The van der Waals surface area contributed by atoms with Crippen LogP contribution in [0.2, 0.25) is 5.02 Å². The van der Waals surface area contributed by atoms with Crippen molar-refractivity contribution in [3.8, 4) is 0 Å². The number of hydrazine groups is 1. The van der Waals surface area contributed by atoms with Crippen molar-refractivity contribution in [3.05, 3.63) is 87.7 Å². The lowest BCUT2D eigenvalue weighted by Crippen LogP contribution is -2.47. The van der Waals surface area contributed by atoms with Crippen LogP contribution in [0.3, 0.4) is 0 Å². The van der Waals surface area contributed by atoms with Gasteiger partial charge in [0.05, 0.1) is 29.0 Å². The van der Waals surface area contributed by atoms with Gasteiger partial charge in [0.25, 0.3) is 5.91 Å². The maximum absolute atomic E-state index is 12.4. The van der Waals surface area contributed by atoms with Crippen LogP contribution in [0.4, 0.5) is 0 Å². The molecule has 3 rings (SSSR count). The minimum absolute atomic E-state index is 0.0188. The molecule has 1 atom stereocenters. The van der Waals surface area contributed by atoms with Gasteiger partial charge < -0.3 is 5.32 Å². The van der Waals surface area contributed by atoms with Crippen LogP contribution in [-0.2, 0) is 6.54 Å². The van der Waals surface area contributed by atoms with Crippen molar-refractivity contribution in [3.63, 3.8) is 0 Å². The zero-order chi connectivity index (χ0) is 21.7. The Bertz CT molecular complexity index is 1030. The number of amides is 1. The molecule has 0 aliphatic heterocycles. The molecule has 1 aromatic heterocycles. The molecule has 0 bridgehead atoms. The molecule has 0 fully saturated rings. The summed E-state index contributed by atoms with van der Waals surface area (Å²) in [4.78, 5) is 12.4. The number of nitrogens with zero attached hydrogens (tertiary/aromatic N) is 2. The number of rotatable bonds is 5. The minimum atomic E-state index is -0.271. The maximum atomic E-state index is 12.4. The second kappa shape index (κ2) is 9.73. The number of nitrogens with one attached hydrogen (secondary N) is 3. The summed E-state index contributed by atoms with van der Waals surface area (Å²) in [5, 5.41) is 8.60. The van der Waals surface area contributed by atoms with Crippen molar-refractivity contribution in [1.29, 1.82) is 0 Å². The average molecular weight is 442 g/mol. The van der Waals surface area contributed by atoms with E-state index in [-0.39, 0.29) is 11.9 Å². The van der Waals surface area contributed by atoms with Crippen LogP contribution in [0.25, 0.3) is 0 Å². The fraction of sp³-hybridized carbons (Fsp3) is 0.227. The van der Waals surface area contributed by atoms with Gasteiger partial charge in [-0.1, -0.05) is 54.1 Å². The van der Waals surface area contributed by atoms with Crippen LogP contribution in [0.1, 0.15) is 45.8 Å². The highest BCUT2D eigenvalue weighted by molar-refractivity contribution is 7.80. The van der Waals surface area contributed by atoms with Crippen molar-refractivity contribution < 1.29 is 4.79 Å². The average Bonchev–Trinajstić information content (AvgIpc) is 2.99. The Balaban J connectivity index is 1.52. The number of aromatic nitrogens is 2. The Labute approximate surface area is 186 Å². The van der Waals surface area contributed by atoms with Gasteiger partial charge >= 0.3 is 0 Å². The van der Waals surface area contributed by atoms with E-state index in [1.807, 2.05) is 67.9 Å². The van der Waals surface area contributed by atoms with Crippen LogP contribution in [-0.4, -0.2) is 20.8 Å². The molecule has 30 heavy (non-hydrogen) atoms. The zero-order valence-electron chi connectivity index (χ0n) is 17.1. The Morgan fingerprint density at radius 3 is 2.37 bits per heavy atom. The third-order valence-corrected chi connectivity index (χ3v) is 5.55. The molecule has 1 heterocycles. The highest BCUT2D eigenvalue weighted by Gasteiger charge is 2.11. The van der Waals surface area contributed by atoms with Crippen molar-refractivity contribution in [1.82, 2.24) is 25.9 Å². The number of hydrogen-bond donors (Lipinski definition) is 3. The first-order chi connectivity index (χ1) is 14.3. The molecule has 0 aliphatic rings. The van der Waals surface area contributed by atoms with Crippen molar-refractivity contribution in [2.75, 3.05) is 0 Å². The molecule has 0 saturated heterocycles. The highest BCUT2D eigenvalue weighted by Crippen LogP contribution is 2.20. The Kier molecular flexibility index (Phi) is 7.07. The second-order valence-electron chi connectivity index (χ2n) is 7.02. The molecular weight excluding hydrogens is 418 g/mol. The predicted octanol–water partition coefficient (Wildman–Crippen LogP) is 4.07. The van der Waals surface area contributed by atoms with Gasteiger partial charge in [0.2, 0.25) is 0 Å². The second-order valence-corrected chi connectivity index (χ2v) is 7.81. The molecule has 6 nitrogen and oxygen atoms in total. The third-order valence-electron chi connectivity index (χ3n) is 4.78. The smallest absolute Gasteiger partial charge is 0.269 e. The van der Waals surface area contributed by atoms with Crippen molar-refractivity contribution in [2.45, 2.75) is 33.4 Å². The van der Waals surface area contributed by atoms with Crippen LogP contribution in [0.15, 0.2) is 54.6 Å². The Hall–Kier alpha value is -2.90. The summed E-state index contributed by atoms with van der Waals surface area (Å²) in [5.41, 5.74) is 9.74. The monoisotopic (exact) mass is 441 g/mol. The van der Waals surface area contributed by atoms with E-state index in [0.29, 0.717) is 22.2 Å². The Morgan fingerprint density at radius 2 is 1.77 bits per heavy atom. The largest absolute Gasteiger partial charge is 0.355 e. The summed E-state index contributed by atoms with van der Waals surface area (Å²) in [6.07, 6.45) is 0. The zero-order valence-corrected chi connectivity index (χ0v) is 18.6. The molecule has 1 amide bonds. The first kappa shape index (κ1) is 21.8. The lowest BCUT2D eigenvalue weighted by molar-refractivity contribution is 0.0943. The van der Waals surface area contributed by atoms with E-state index in [4.69, 9.17) is 23.8 Å². The summed E-state index contributed by atoms with van der Waals surface area (Å²) >= 11 is 11.5. The first-order valence-electron chi connectivity index (χ1n) is 9.55. The number of thiocarbonyl (C=S) groups is 1. The minimum Gasteiger partial charge on any atom is -0.355 e. The molecule has 3 aromatic rings. The number of benzene rings is 2. The van der Waals surface area contributed by atoms with Gasteiger partial charge in [-0.05, 0) is 56.2 Å². The molecule has 0 saturated carbocycles. The van der Waals surface area contributed by atoms with Gasteiger partial charge in [0.1, 0.15) is 0 Å². The van der Waals surface area contributed by atoms with E-state index in [1.54, 1.807) is 12.1 Å². The SMILES string of the molecule is Cc1nn(Cc2ccc(C(=O)NNC(=S)NC(C)c3ccccc3)cc2)c(C)c1Cl. The van der Waals surface area contributed by atoms with Gasteiger partial charge in [0.15, 0.2) is 5.11 Å². The van der Waals surface area contributed by atoms with E-state index >= 15 is 0 Å². The molecule has 0 spiro atoms. The highest BCUT2D eigenvalue weighted by atomic mass is 35.5. The van der Waals surface area contributed by atoms with Gasteiger partial charge in [-0.3, -0.25) is 20.3 Å². The number of carbonyl (C=O) groups is 1. The van der Waals surface area contributed by atoms with Gasteiger partial charge in [0, 0.05) is 5.56 Å². The number of hydrogen-bond acceptors (Lipinski definition) is 3. The molecule has 0 radical (unpaired) electrons. The van der Waals surface area contributed by atoms with Crippen LogP contribution < -0.4 is 16.2 Å². The maximum Gasteiger partial charge on any atom is 0.269 e. The molecule has 156 valence electrons. The van der Waals surface area contributed by atoms with Crippen molar-refractivity contribution >= 4 is 34.8 Å². The molecular formula is C22H24ClN5OS. The summed E-state index contributed by atoms with van der Waals surface area (Å²) in [5.74, 6) is -0.271. The van der Waals surface area contributed by atoms with E-state index in [9.17, 15) is 4.79 Å². The number of carbonyl (C=O) groups excluding carboxylic acids is 1. The third kappa shape index (κ3) is 5.37. The normalized spacial score (nSPS) is 11.6. The van der Waals surface area contributed by atoms with Crippen LogP contribution in [0.5, 0.6) is 0 Å². The quantitative estimate of drug-likeness (QED) is 0.411. The van der Waals surface area contributed by atoms with Crippen LogP contribution >= 0.6 is 23.8 Å². The molecule has 1 unspecified atom stereocenters. The van der Waals surface area contributed by atoms with Crippen molar-refractivity contribution in [2.24, 2.45) is 0 Å². The van der Waals surface area contributed by atoms with E-state index in [1.165, 1.54) is 0 Å². The lowest BCUT2D eigenvalue weighted by Gasteiger charge is -2.17. The summed E-state index contributed by atoms with van der Waals surface area (Å²) in [7, 11) is 0. The molecule has 0 aliphatic carbocycles. The van der Waals surface area contributed by atoms with E-state index in [0.717, 1.165) is 22.5 Å².